The molecule has 68 valence electrons. The summed E-state index contributed by atoms with van der Waals surface area (Å²) in [7, 11) is 0. The van der Waals surface area contributed by atoms with Crippen LogP contribution in [0.3, 0.4) is 0 Å². The van der Waals surface area contributed by atoms with Gasteiger partial charge in [0.25, 0.3) is 0 Å². The van der Waals surface area contributed by atoms with Crippen molar-refractivity contribution in [2.45, 2.75) is 24.8 Å². The van der Waals surface area contributed by atoms with E-state index in [9.17, 15) is 0 Å². The second-order valence-electron chi connectivity index (χ2n) is 3.77. The lowest BCUT2D eigenvalue weighted by Gasteiger charge is -2.40. The topological polar surface area (TPSA) is 0 Å². The van der Waals surface area contributed by atoms with Gasteiger partial charge in [-0.15, -0.1) is 33.2 Å². The van der Waals surface area contributed by atoms with Crippen LogP contribution < -0.4 is 0 Å². The monoisotopic (exact) mass is 240 g/mol. The van der Waals surface area contributed by atoms with Crippen LogP contribution in [0.2, 0.25) is 5.54 Å². The second kappa shape index (κ2) is 3.20. The largest absolute Gasteiger partial charge is 0.344 e. The molecule has 0 aromatic carbocycles. The van der Waals surface area contributed by atoms with Crippen molar-refractivity contribution in [3.63, 3.8) is 0 Å². The summed E-state index contributed by atoms with van der Waals surface area (Å²) in [6, 6.07) is -2.44. The van der Waals surface area contributed by atoms with Gasteiger partial charge in [-0.1, -0.05) is 12.2 Å². The zero-order valence-electron chi connectivity index (χ0n) is 6.64. The summed E-state index contributed by atoms with van der Waals surface area (Å²) in [5.74, 6) is 1.26. The van der Waals surface area contributed by atoms with Gasteiger partial charge in [0.1, 0.15) is 0 Å². The first kappa shape index (κ1) is 9.38. The molecule has 0 aromatic heterocycles. The maximum Gasteiger partial charge on any atom is 0.344 e. The van der Waals surface area contributed by atoms with E-state index in [1.54, 1.807) is 0 Å². The molecule has 0 aromatic rings. The predicted octanol–water partition coefficient (Wildman–Crippen LogP) is 4.00. The molecule has 0 amide bonds. The lowest BCUT2D eigenvalue weighted by Crippen LogP contribution is -2.34. The molecule has 0 radical (unpaired) electrons. The molecular weight excluding hydrogens is 231 g/mol. The Balaban J connectivity index is 2.16. The summed E-state index contributed by atoms with van der Waals surface area (Å²) in [6.07, 6.45) is 8.20. The normalized spacial score (nSPS) is 40.4. The predicted molar refractivity (Wildman–Crippen MR) is 57.0 cm³/mol. The van der Waals surface area contributed by atoms with E-state index < -0.39 is 6.00 Å². The van der Waals surface area contributed by atoms with Gasteiger partial charge in [-0.25, -0.2) is 0 Å². The van der Waals surface area contributed by atoms with Crippen molar-refractivity contribution in [3.8, 4) is 0 Å². The number of rotatable bonds is 1. The molecule has 3 aliphatic rings. The molecule has 3 aliphatic carbocycles. The second-order valence-corrected chi connectivity index (χ2v) is 12.7. The summed E-state index contributed by atoms with van der Waals surface area (Å²) in [5, 5.41) is 0. The zero-order chi connectivity index (χ0) is 8.77. The van der Waals surface area contributed by atoms with Crippen molar-refractivity contribution < 1.29 is 0 Å². The maximum atomic E-state index is 6.04. The minimum Gasteiger partial charge on any atom is -0.126 e. The van der Waals surface area contributed by atoms with Gasteiger partial charge in [0.05, 0.1) is 0 Å². The molecule has 0 saturated heterocycles. The van der Waals surface area contributed by atoms with E-state index in [1.165, 1.54) is 12.8 Å². The van der Waals surface area contributed by atoms with Crippen molar-refractivity contribution in [1.82, 2.24) is 0 Å². The summed E-state index contributed by atoms with van der Waals surface area (Å²) in [4.78, 5) is 0. The average Bonchev–Trinajstić information content (AvgIpc) is 2.05. The SMILES string of the molecule is Cl[Si](Cl)(Cl)C1CC2C=CC1CC2. The molecule has 0 nitrogen and oxygen atoms in total. The van der Waals surface area contributed by atoms with E-state index >= 15 is 0 Å². The Labute approximate surface area is 88.0 Å². The van der Waals surface area contributed by atoms with E-state index in [0.29, 0.717) is 17.4 Å². The third-order valence-corrected chi connectivity index (χ3v) is 7.02. The minimum absolute atomic E-state index is 0.381. The van der Waals surface area contributed by atoms with Gasteiger partial charge >= 0.3 is 6.00 Å². The van der Waals surface area contributed by atoms with Gasteiger partial charge < -0.3 is 0 Å². The Hall–Kier alpha value is 0.827. The van der Waals surface area contributed by atoms with Crippen LogP contribution in [0.5, 0.6) is 0 Å². The first-order valence-electron chi connectivity index (χ1n) is 4.32. The molecule has 3 unspecified atom stereocenters. The van der Waals surface area contributed by atoms with Crippen molar-refractivity contribution in [2.75, 3.05) is 0 Å². The maximum absolute atomic E-state index is 6.04. The van der Waals surface area contributed by atoms with Gasteiger partial charge in [-0.05, 0) is 31.1 Å². The van der Waals surface area contributed by atoms with Crippen LogP contribution in [0.1, 0.15) is 19.3 Å². The molecule has 0 N–H and O–H groups in total. The lowest BCUT2D eigenvalue weighted by atomic mass is 9.76. The highest BCUT2D eigenvalue weighted by Crippen LogP contribution is 2.52. The Morgan fingerprint density at radius 2 is 1.83 bits per heavy atom. The highest BCUT2D eigenvalue weighted by Gasteiger charge is 2.45. The van der Waals surface area contributed by atoms with E-state index in [4.69, 9.17) is 33.2 Å². The van der Waals surface area contributed by atoms with Gasteiger partial charge in [-0.2, -0.15) is 0 Å². The third kappa shape index (κ3) is 1.70. The summed E-state index contributed by atoms with van der Waals surface area (Å²) >= 11 is 18.1. The van der Waals surface area contributed by atoms with E-state index in [2.05, 4.69) is 12.2 Å². The molecule has 12 heavy (non-hydrogen) atoms. The van der Waals surface area contributed by atoms with Crippen molar-refractivity contribution in [1.29, 1.82) is 0 Å². The van der Waals surface area contributed by atoms with Crippen molar-refractivity contribution in [2.24, 2.45) is 11.8 Å². The van der Waals surface area contributed by atoms with Crippen LogP contribution >= 0.6 is 33.2 Å². The highest BCUT2D eigenvalue weighted by molar-refractivity contribution is 7.65. The van der Waals surface area contributed by atoms with Crippen molar-refractivity contribution >= 4 is 39.2 Å². The molecule has 3 atom stereocenters. The van der Waals surface area contributed by atoms with Crippen LogP contribution in [-0.2, 0) is 0 Å². The molecule has 0 spiro atoms. The molecule has 2 bridgehead atoms. The Kier molecular flexibility index (Phi) is 2.50. The quantitative estimate of drug-likeness (QED) is 0.370. The first-order valence-corrected chi connectivity index (χ1v) is 9.43. The van der Waals surface area contributed by atoms with Crippen LogP contribution in [0.4, 0.5) is 0 Å². The fraction of sp³-hybridized carbons (Fsp3) is 0.750. The standard InChI is InChI=1S/C8H11Cl3Si/c9-12(10,11)8-5-6-1-3-7(8)4-2-6/h1,3,6-8H,2,4-5H2. The third-order valence-electron chi connectivity index (χ3n) is 3.00. The zero-order valence-corrected chi connectivity index (χ0v) is 9.91. The first-order chi connectivity index (χ1) is 5.57. The van der Waals surface area contributed by atoms with E-state index in [1.807, 2.05) is 0 Å². The van der Waals surface area contributed by atoms with E-state index in [0.717, 1.165) is 6.42 Å². The molecule has 0 heterocycles. The Morgan fingerprint density at radius 3 is 2.08 bits per heavy atom. The van der Waals surface area contributed by atoms with Gasteiger partial charge in [0.15, 0.2) is 0 Å². The summed E-state index contributed by atoms with van der Waals surface area (Å²) < 4.78 is 0. The molecular formula is C8H11Cl3Si. The smallest absolute Gasteiger partial charge is 0.126 e. The molecule has 1 fully saturated rings. The molecule has 4 heteroatoms. The molecule has 0 aliphatic heterocycles. The van der Waals surface area contributed by atoms with Crippen LogP contribution in [0.15, 0.2) is 12.2 Å². The van der Waals surface area contributed by atoms with Gasteiger partial charge in [0, 0.05) is 5.54 Å². The number of halogens is 3. The van der Waals surface area contributed by atoms with E-state index in [-0.39, 0.29) is 0 Å². The minimum atomic E-state index is -2.44. The van der Waals surface area contributed by atoms with Crippen LogP contribution in [0, 0.1) is 11.8 Å². The lowest BCUT2D eigenvalue weighted by molar-refractivity contribution is 0.327. The average molecular weight is 242 g/mol. The Bertz CT molecular complexity index is 209. The highest BCUT2D eigenvalue weighted by atomic mass is 35.8. The fourth-order valence-electron chi connectivity index (χ4n) is 2.31. The number of hydrogen-bond donors (Lipinski definition) is 0. The van der Waals surface area contributed by atoms with Crippen LogP contribution in [-0.4, -0.2) is 6.00 Å². The number of fused-ring (bicyclic) bond motifs is 2. The fourth-order valence-corrected chi connectivity index (χ4v) is 5.90. The number of allylic oxidation sites excluding steroid dienone is 2. The van der Waals surface area contributed by atoms with Crippen molar-refractivity contribution in [3.05, 3.63) is 12.2 Å². The summed E-state index contributed by atoms with van der Waals surface area (Å²) in [6.45, 7) is 0. The number of hydrogen-bond acceptors (Lipinski definition) is 0. The molecule has 1 saturated carbocycles. The summed E-state index contributed by atoms with van der Waals surface area (Å²) in [5.41, 5.74) is 0.381. The Morgan fingerprint density at radius 1 is 1.08 bits per heavy atom. The van der Waals surface area contributed by atoms with Crippen LogP contribution in [0.25, 0.3) is 0 Å². The van der Waals surface area contributed by atoms with Gasteiger partial charge in [0.2, 0.25) is 0 Å². The van der Waals surface area contributed by atoms with Gasteiger partial charge in [-0.3, -0.25) is 0 Å². The molecule has 3 rings (SSSR count).